The molecule has 2 unspecified atom stereocenters. The molecule has 0 saturated carbocycles. The number of rotatable bonds is 4. The lowest BCUT2D eigenvalue weighted by atomic mass is 10.2. The van der Waals surface area contributed by atoms with Crippen LogP contribution in [0.15, 0.2) is 30.3 Å². The van der Waals surface area contributed by atoms with E-state index in [0.717, 1.165) is 26.1 Å². The van der Waals surface area contributed by atoms with Gasteiger partial charge in [-0.15, -0.1) is 0 Å². The lowest BCUT2D eigenvalue weighted by molar-refractivity contribution is 0.197. The molecule has 0 radical (unpaired) electrons. The van der Waals surface area contributed by atoms with E-state index < -0.39 is 10.0 Å². The molecule has 2 aliphatic rings. The molecular formula is C17H26N2O3S. The van der Waals surface area contributed by atoms with Crippen molar-refractivity contribution in [1.82, 2.24) is 9.21 Å². The average Bonchev–Trinajstić information content (AvgIpc) is 3.01. The third-order valence-electron chi connectivity index (χ3n) is 4.75. The summed E-state index contributed by atoms with van der Waals surface area (Å²) in [6.07, 6.45) is 1.50. The van der Waals surface area contributed by atoms with Crippen LogP contribution >= 0.6 is 0 Å². The first-order valence-electron chi connectivity index (χ1n) is 8.42. The molecule has 5 nitrogen and oxygen atoms in total. The Bertz CT molecular complexity index is 600. The predicted octanol–water partition coefficient (Wildman–Crippen LogP) is 1.70. The first-order chi connectivity index (χ1) is 11.1. The van der Waals surface area contributed by atoms with E-state index in [0.29, 0.717) is 26.2 Å². The van der Waals surface area contributed by atoms with E-state index in [9.17, 15) is 8.42 Å². The predicted molar refractivity (Wildman–Crippen MR) is 90.6 cm³/mol. The Kier molecular flexibility index (Phi) is 5.36. The van der Waals surface area contributed by atoms with Gasteiger partial charge >= 0.3 is 0 Å². The first kappa shape index (κ1) is 16.9. The highest BCUT2D eigenvalue weighted by Crippen LogP contribution is 2.23. The average molecular weight is 338 g/mol. The highest BCUT2D eigenvalue weighted by Gasteiger charge is 2.38. The molecule has 2 fully saturated rings. The van der Waals surface area contributed by atoms with Crippen LogP contribution in [-0.2, 0) is 21.3 Å². The minimum atomic E-state index is -3.25. The van der Waals surface area contributed by atoms with Gasteiger partial charge in [-0.3, -0.25) is 4.90 Å². The van der Waals surface area contributed by atoms with Crippen LogP contribution in [0.5, 0.6) is 0 Å². The van der Waals surface area contributed by atoms with E-state index >= 15 is 0 Å². The van der Waals surface area contributed by atoms with Crippen LogP contribution < -0.4 is 0 Å². The number of ether oxygens (including phenoxy) is 1. The molecule has 1 aromatic rings. The number of hydrogen-bond donors (Lipinski definition) is 0. The van der Waals surface area contributed by atoms with Crippen molar-refractivity contribution in [2.24, 2.45) is 0 Å². The van der Waals surface area contributed by atoms with E-state index in [1.165, 1.54) is 5.56 Å². The van der Waals surface area contributed by atoms with Gasteiger partial charge in [0.05, 0.1) is 6.61 Å². The molecule has 2 heterocycles. The maximum absolute atomic E-state index is 12.8. The van der Waals surface area contributed by atoms with Crippen LogP contribution in [0.25, 0.3) is 0 Å². The van der Waals surface area contributed by atoms with Crippen molar-refractivity contribution in [3.05, 3.63) is 35.9 Å². The van der Waals surface area contributed by atoms with E-state index in [4.69, 9.17) is 4.74 Å². The maximum Gasteiger partial charge on any atom is 0.219 e. The van der Waals surface area contributed by atoms with Crippen molar-refractivity contribution in [2.75, 3.05) is 32.8 Å². The van der Waals surface area contributed by atoms with Crippen LogP contribution in [0.1, 0.15) is 25.3 Å². The zero-order valence-electron chi connectivity index (χ0n) is 13.7. The molecule has 2 saturated heterocycles. The van der Waals surface area contributed by atoms with Gasteiger partial charge in [0.1, 0.15) is 5.25 Å². The highest BCUT2D eigenvalue weighted by molar-refractivity contribution is 7.89. The van der Waals surface area contributed by atoms with E-state index in [1.807, 2.05) is 25.1 Å². The Labute approximate surface area is 139 Å². The Morgan fingerprint density at radius 3 is 2.70 bits per heavy atom. The van der Waals surface area contributed by atoms with Gasteiger partial charge in [-0.05, 0) is 31.9 Å². The molecule has 0 aliphatic carbocycles. The molecule has 0 aromatic heterocycles. The summed E-state index contributed by atoms with van der Waals surface area (Å²) in [5, 5.41) is -0.356. The van der Waals surface area contributed by atoms with E-state index in [-0.39, 0.29) is 11.3 Å². The zero-order valence-corrected chi connectivity index (χ0v) is 14.5. The summed E-state index contributed by atoms with van der Waals surface area (Å²) >= 11 is 0. The monoisotopic (exact) mass is 338 g/mol. The molecule has 23 heavy (non-hydrogen) atoms. The Balaban J connectivity index is 1.67. The first-order valence-corrected chi connectivity index (χ1v) is 9.92. The van der Waals surface area contributed by atoms with Crippen LogP contribution in [0.3, 0.4) is 0 Å². The summed E-state index contributed by atoms with van der Waals surface area (Å²) in [4.78, 5) is 2.36. The van der Waals surface area contributed by atoms with Crippen molar-refractivity contribution in [1.29, 1.82) is 0 Å². The SMILES string of the molecule is CC1CN(Cc2ccccc2)CCCN1S(=O)(=O)C1CCOC1. The van der Waals surface area contributed by atoms with Gasteiger partial charge < -0.3 is 4.74 Å². The zero-order chi connectivity index (χ0) is 16.3. The summed E-state index contributed by atoms with van der Waals surface area (Å²) in [5.74, 6) is 0. The fourth-order valence-electron chi connectivity index (χ4n) is 3.53. The number of benzene rings is 1. The summed E-state index contributed by atoms with van der Waals surface area (Å²) in [7, 11) is -3.25. The Hall–Kier alpha value is -0.950. The van der Waals surface area contributed by atoms with Gasteiger partial charge in [-0.1, -0.05) is 30.3 Å². The number of nitrogens with zero attached hydrogens (tertiary/aromatic N) is 2. The molecule has 2 atom stereocenters. The Morgan fingerprint density at radius 2 is 2.00 bits per heavy atom. The van der Waals surface area contributed by atoms with E-state index in [1.54, 1.807) is 4.31 Å². The van der Waals surface area contributed by atoms with Gasteiger partial charge in [-0.25, -0.2) is 8.42 Å². The molecule has 0 spiro atoms. The van der Waals surface area contributed by atoms with E-state index in [2.05, 4.69) is 17.0 Å². The summed E-state index contributed by atoms with van der Waals surface area (Å²) in [5.41, 5.74) is 1.28. The van der Waals surface area contributed by atoms with Crippen LogP contribution in [0, 0.1) is 0 Å². The smallest absolute Gasteiger partial charge is 0.219 e. The molecule has 3 rings (SSSR count). The van der Waals surface area contributed by atoms with Gasteiger partial charge in [0, 0.05) is 32.3 Å². The van der Waals surface area contributed by atoms with Gasteiger partial charge in [0.15, 0.2) is 0 Å². The van der Waals surface area contributed by atoms with Gasteiger partial charge in [-0.2, -0.15) is 4.31 Å². The summed E-state index contributed by atoms with van der Waals surface area (Å²) in [6.45, 7) is 6.15. The molecule has 1 aromatic carbocycles. The van der Waals surface area contributed by atoms with Gasteiger partial charge in [0.2, 0.25) is 10.0 Å². The molecule has 128 valence electrons. The fraction of sp³-hybridized carbons (Fsp3) is 0.647. The Morgan fingerprint density at radius 1 is 1.22 bits per heavy atom. The van der Waals surface area contributed by atoms with Crippen LogP contribution in [0.4, 0.5) is 0 Å². The molecular weight excluding hydrogens is 312 g/mol. The lowest BCUT2D eigenvalue weighted by Crippen LogP contribution is -2.46. The second kappa shape index (κ2) is 7.30. The lowest BCUT2D eigenvalue weighted by Gasteiger charge is -2.30. The maximum atomic E-state index is 12.8. The topological polar surface area (TPSA) is 49.9 Å². The fourth-order valence-corrected chi connectivity index (χ4v) is 5.53. The summed E-state index contributed by atoms with van der Waals surface area (Å²) in [6, 6.07) is 10.4. The van der Waals surface area contributed by atoms with Crippen molar-refractivity contribution in [2.45, 2.75) is 37.6 Å². The normalized spacial score (nSPS) is 27.9. The van der Waals surface area contributed by atoms with Crippen molar-refractivity contribution < 1.29 is 13.2 Å². The second-order valence-corrected chi connectivity index (χ2v) is 8.73. The third kappa shape index (κ3) is 3.94. The largest absolute Gasteiger partial charge is 0.380 e. The van der Waals surface area contributed by atoms with Gasteiger partial charge in [0.25, 0.3) is 0 Å². The standard InChI is InChI=1S/C17H26N2O3S/c1-15-12-18(13-16-6-3-2-4-7-16)9-5-10-19(15)23(20,21)17-8-11-22-14-17/h2-4,6-7,15,17H,5,8-14H2,1H3. The minimum Gasteiger partial charge on any atom is -0.380 e. The molecule has 0 bridgehead atoms. The van der Waals surface area contributed by atoms with Crippen molar-refractivity contribution in [3.63, 3.8) is 0 Å². The third-order valence-corrected chi connectivity index (χ3v) is 7.16. The summed E-state index contributed by atoms with van der Waals surface area (Å²) < 4.78 is 32.7. The van der Waals surface area contributed by atoms with Crippen LogP contribution in [0.2, 0.25) is 0 Å². The molecule has 0 N–H and O–H groups in total. The number of hydrogen-bond acceptors (Lipinski definition) is 4. The van der Waals surface area contributed by atoms with Crippen molar-refractivity contribution in [3.8, 4) is 0 Å². The quantitative estimate of drug-likeness (QED) is 0.838. The highest BCUT2D eigenvalue weighted by atomic mass is 32.2. The minimum absolute atomic E-state index is 0.00631. The second-order valence-electron chi connectivity index (χ2n) is 6.56. The number of sulfonamides is 1. The van der Waals surface area contributed by atoms with Crippen molar-refractivity contribution >= 4 is 10.0 Å². The molecule has 6 heteroatoms. The molecule has 0 amide bonds. The molecule has 2 aliphatic heterocycles. The van der Waals surface area contributed by atoms with Crippen LogP contribution in [-0.4, -0.2) is 61.8 Å².